The molecule has 2 heterocycles. The molecular formula is C24H22F3N3O. The van der Waals surface area contributed by atoms with Gasteiger partial charge in [-0.1, -0.05) is 41.5 Å². The fourth-order valence-electron chi connectivity index (χ4n) is 3.84. The minimum absolute atomic E-state index is 0.0574. The van der Waals surface area contributed by atoms with E-state index in [-0.39, 0.29) is 23.3 Å². The largest absolute Gasteiger partial charge is 0.417 e. The van der Waals surface area contributed by atoms with Crippen LogP contribution in [0.5, 0.6) is 0 Å². The number of fused-ring (bicyclic) bond motifs is 1. The summed E-state index contributed by atoms with van der Waals surface area (Å²) in [7, 11) is 0. The van der Waals surface area contributed by atoms with Crippen LogP contribution in [-0.2, 0) is 12.7 Å². The van der Waals surface area contributed by atoms with Crippen molar-refractivity contribution in [1.82, 2.24) is 14.3 Å². The molecule has 0 bridgehead atoms. The maximum absolute atomic E-state index is 13.8. The Hall–Kier alpha value is -3.35. The molecule has 0 aliphatic rings. The van der Waals surface area contributed by atoms with Crippen molar-refractivity contribution in [3.05, 3.63) is 92.4 Å². The second kappa shape index (κ2) is 7.41. The van der Waals surface area contributed by atoms with Gasteiger partial charge in [-0.25, -0.2) is 4.68 Å². The summed E-state index contributed by atoms with van der Waals surface area (Å²) in [5.41, 5.74) is 3.15. The van der Waals surface area contributed by atoms with Gasteiger partial charge in [0, 0.05) is 6.07 Å². The van der Waals surface area contributed by atoms with Gasteiger partial charge in [0.25, 0.3) is 5.56 Å². The number of halogens is 3. The highest BCUT2D eigenvalue weighted by Crippen LogP contribution is 2.36. The van der Waals surface area contributed by atoms with E-state index in [4.69, 9.17) is 0 Å². The van der Waals surface area contributed by atoms with Gasteiger partial charge in [-0.3, -0.25) is 9.36 Å². The number of hydrogen-bond donors (Lipinski definition) is 0. The lowest BCUT2D eigenvalue weighted by Gasteiger charge is -2.16. The summed E-state index contributed by atoms with van der Waals surface area (Å²) in [6.45, 7) is 7.47. The van der Waals surface area contributed by atoms with E-state index in [0.717, 1.165) is 22.3 Å². The molecule has 4 nitrogen and oxygen atoms in total. The Morgan fingerprint density at radius 1 is 0.903 bits per heavy atom. The number of alkyl halides is 3. The molecule has 0 saturated carbocycles. The van der Waals surface area contributed by atoms with Crippen molar-refractivity contribution < 1.29 is 13.2 Å². The molecule has 0 aliphatic carbocycles. The average molecular weight is 425 g/mol. The molecule has 0 radical (unpaired) electrons. The molecular weight excluding hydrogens is 403 g/mol. The molecule has 0 aliphatic heterocycles. The van der Waals surface area contributed by atoms with E-state index in [1.807, 2.05) is 51.1 Å². The van der Waals surface area contributed by atoms with Gasteiger partial charge in [-0.05, 0) is 51.0 Å². The molecule has 0 fully saturated rings. The van der Waals surface area contributed by atoms with E-state index in [1.165, 1.54) is 16.2 Å². The molecule has 2 aromatic carbocycles. The van der Waals surface area contributed by atoms with Gasteiger partial charge in [-0.2, -0.15) is 18.3 Å². The van der Waals surface area contributed by atoms with E-state index in [1.54, 1.807) is 12.1 Å². The lowest BCUT2D eigenvalue weighted by atomic mass is 10.0. The molecule has 160 valence electrons. The Bertz CT molecular complexity index is 1350. The van der Waals surface area contributed by atoms with Crippen LogP contribution in [0.4, 0.5) is 13.2 Å². The fourth-order valence-corrected chi connectivity index (χ4v) is 3.84. The summed E-state index contributed by atoms with van der Waals surface area (Å²) < 4.78 is 44.3. The van der Waals surface area contributed by atoms with Crippen LogP contribution in [0.25, 0.3) is 16.7 Å². The lowest BCUT2D eigenvalue weighted by molar-refractivity contribution is -0.136. The van der Waals surface area contributed by atoms with Crippen LogP contribution in [0.15, 0.2) is 53.3 Å². The highest BCUT2D eigenvalue weighted by atomic mass is 19.4. The van der Waals surface area contributed by atoms with Crippen molar-refractivity contribution in [2.45, 2.75) is 40.4 Å². The standard InChI is InChI=1S/C24H22F3N3O/c1-14-6-9-19(10-7-14)30-23-22(17(4)28-30)20(24(25,26)27)12-21(31)29(23)13-18-11-15(2)5-8-16(18)3/h5-12H,13H2,1-4H3. The predicted molar refractivity (Wildman–Crippen MR) is 115 cm³/mol. The second-order valence-electron chi connectivity index (χ2n) is 7.94. The van der Waals surface area contributed by atoms with Crippen LogP contribution in [0.3, 0.4) is 0 Å². The maximum Gasteiger partial charge on any atom is 0.417 e. The van der Waals surface area contributed by atoms with Crippen LogP contribution >= 0.6 is 0 Å². The first kappa shape index (κ1) is 20.9. The monoisotopic (exact) mass is 425 g/mol. The number of benzene rings is 2. The Morgan fingerprint density at radius 2 is 1.55 bits per heavy atom. The zero-order chi connectivity index (χ0) is 22.5. The molecule has 0 amide bonds. The van der Waals surface area contributed by atoms with E-state index in [9.17, 15) is 18.0 Å². The highest BCUT2D eigenvalue weighted by Gasteiger charge is 2.36. The summed E-state index contributed by atoms with van der Waals surface area (Å²) in [5.74, 6) is 0. The average Bonchev–Trinajstić information content (AvgIpc) is 3.03. The van der Waals surface area contributed by atoms with E-state index in [0.29, 0.717) is 11.8 Å². The van der Waals surface area contributed by atoms with E-state index < -0.39 is 17.3 Å². The lowest BCUT2D eigenvalue weighted by Crippen LogP contribution is -2.25. The fraction of sp³-hybridized carbons (Fsp3) is 0.250. The Morgan fingerprint density at radius 3 is 2.19 bits per heavy atom. The van der Waals surface area contributed by atoms with Crippen LogP contribution in [0.2, 0.25) is 0 Å². The van der Waals surface area contributed by atoms with Gasteiger partial charge in [-0.15, -0.1) is 0 Å². The third-order valence-electron chi connectivity index (χ3n) is 5.51. The Labute approximate surface area is 177 Å². The van der Waals surface area contributed by atoms with Crippen molar-refractivity contribution in [1.29, 1.82) is 0 Å². The van der Waals surface area contributed by atoms with Crippen molar-refractivity contribution in [2.75, 3.05) is 0 Å². The SMILES string of the molecule is Cc1ccc(-n2nc(C)c3c(C(F)(F)F)cc(=O)n(Cc4cc(C)ccc4C)c32)cc1. The zero-order valence-corrected chi connectivity index (χ0v) is 17.7. The summed E-state index contributed by atoms with van der Waals surface area (Å²) in [4.78, 5) is 13.0. The first-order valence-electron chi connectivity index (χ1n) is 9.90. The van der Waals surface area contributed by atoms with Crippen molar-refractivity contribution >= 4 is 11.0 Å². The summed E-state index contributed by atoms with van der Waals surface area (Å²) in [6.07, 6.45) is -4.67. The Kier molecular flexibility index (Phi) is 5.00. The number of hydrogen-bond acceptors (Lipinski definition) is 2. The summed E-state index contributed by atoms with van der Waals surface area (Å²) in [5, 5.41) is 4.35. The first-order chi connectivity index (χ1) is 14.6. The van der Waals surface area contributed by atoms with Gasteiger partial charge in [0.1, 0.15) is 5.65 Å². The second-order valence-corrected chi connectivity index (χ2v) is 7.94. The van der Waals surface area contributed by atoms with E-state index in [2.05, 4.69) is 5.10 Å². The van der Waals surface area contributed by atoms with E-state index >= 15 is 0 Å². The quantitative estimate of drug-likeness (QED) is 0.436. The van der Waals surface area contributed by atoms with Crippen LogP contribution in [0.1, 0.15) is 33.5 Å². The van der Waals surface area contributed by atoms with Gasteiger partial charge in [0.2, 0.25) is 0 Å². The van der Waals surface area contributed by atoms with Gasteiger partial charge in [0.15, 0.2) is 0 Å². The third-order valence-corrected chi connectivity index (χ3v) is 5.51. The minimum atomic E-state index is -4.67. The van der Waals surface area contributed by atoms with Crippen LogP contribution < -0.4 is 5.56 Å². The summed E-state index contributed by atoms with van der Waals surface area (Å²) in [6, 6.07) is 13.8. The summed E-state index contributed by atoms with van der Waals surface area (Å²) >= 11 is 0. The van der Waals surface area contributed by atoms with Gasteiger partial charge < -0.3 is 0 Å². The number of rotatable bonds is 3. The Balaban J connectivity index is 2.08. The van der Waals surface area contributed by atoms with Gasteiger partial charge in [0.05, 0.1) is 28.9 Å². The molecule has 2 aromatic heterocycles. The van der Waals surface area contributed by atoms with Crippen LogP contribution in [0, 0.1) is 27.7 Å². The predicted octanol–water partition coefficient (Wildman–Crippen LogP) is 5.49. The number of nitrogens with zero attached hydrogens (tertiary/aromatic N) is 3. The maximum atomic E-state index is 13.8. The molecule has 4 rings (SSSR count). The molecule has 0 unspecified atom stereocenters. The molecule has 7 heteroatoms. The smallest absolute Gasteiger partial charge is 0.288 e. The minimum Gasteiger partial charge on any atom is -0.288 e. The number of pyridine rings is 1. The van der Waals surface area contributed by atoms with Gasteiger partial charge >= 0.3 is 6.18 Å². The molecule has 0 spiro atoms. The zero-order valence-electron chi connectivity index (χ0n) is 17.7. The van der Waals surface area contributed by atoms with Crippen molar-refractivity contribution in [3.8, 4) is 5.69 Å². The van der Waals surface area contributed by atoms with Crippen molar-refractivity contribution in [3.63, 3.8) is 0 Å². The van der Waals surface area contributed by atoms with Crippen molar-refractivity contribution in [2.24, 2.45) is 0 Å². The number of aryl methyl sites for hydroxylation is 4. The third kappa shape index (κ3) is 3.76. The molecule has 0 saturated heterocycles. The normalized spacial score (nSPS) is 12.0. The molecule has 31 heavy (non-hydrogen) atoms. The van der Waals surface area contributed by atoms with Crippen LogP contribution in [-0.4, -0.2) is 14.3 Å². The first-order valence-corrected chi connectivity index (χ1v) is 9.90. The molecule has 0 atom stereocenters. The highest BCUT2D eigenvalue weighted by molar-refractivity contribution is 5.84. The topological polar surface area (TPSA) is 39.8 Å². The molecule has 0 N–H and O–H groups in total. The molecule has 4 aromatic rings. The number of aromatic nitrogens is 3.